The standard InChI is InChI=1S/C26H29NO10/c1-3-26(35)8-13(37-14-7-11(27)20(29)9(2)36-14)16-19(25(26)34)24(33)17-18(23(16)32)22(31)15-10(21(17)30)5-4-6-12(15)28/h4-6,9,11,13-14,20,25,28-29,32-35H,3,7-8,27H2,1-2H3. The van der Waals surface area contributed by atoms with Crippen LogP contribution in [0.15, 0.2) is 18.2 Å². The van der Waals surface area contributed by atoms with Gasteiger partial charge >= 0.3 is 0 Å². The van der Waals surface area contributed by atoms with Crippen molar-refractivity contribution in [3.8, 4) is 17.2 Å². The Morgan fingerprint density at radius 3 is 2.35 bits per heavy atom. The number of aliphatic hydroxyl groups excluding tert-OH is 2. The second-order valence-corrected chi connectivity index (χ2v) is 9.98. The van der Waals surface area contributed by atoms with E-state index < -0.39 is 82.3 Å². The third kappa shape index (κ3) is 3.65. The molecule has 0 aromatic heterocycles. The first-order valence-corrected chi connectivity index (χ1v) is 12.1. The molecule has 0 amide bonds. The van der Waals surface area contributed by atoms with E-state index in [-0.39, 0.29) is 41.5 Å². The minimum Gasteiger partial charge on any atom is -0.507 e. The lowest BCUT2D eigenvalue weighted by atomic mass is 9.70. The summed E-state index contributed by atoms with van der Waals surface area (Å²) in [5, 5.41) is 65.4. The summed E-state index contributed by atoms with van der Waals surface area (Å²) in [4.78, 5) is 26.7. The number of phenols is 3. The highest BCUT2D eigenvalue weighted by atomic mass is 16.7. The van der Waals surface area contributed by atoms with Crippen molar-refractivity contribution in [1.29, 1.82) is 0 Å². The summed E-state index contributed by atoms with van der Waals surface area (Å²) in [6.07, 6.45) is -5.69. The van der Waals surface area contributed by atoms with Gasteiger partial charge in [0, 0.05) is 35.6 Å². The van der Waals surface area contributed by atoms with E-state index in [0.29, 0.717) is 0 Å². The smallest absolute Gasteiger partial charge is 0.202 e. The van der Waals surface area contributed by atoms with E-state index in [1.807, 2.05) is 0 Å². The number of aromatic hydroxyl groups is 3. The normalized spacial score (nSPS) is 33.0. The van der Waals surface area contributed by atoms with Crippen LogP contribution in [-0.4, -0.2) is 72.3 Å². The van der Waals surface area contributed by atoms with Crippen molar-refractivity contribution in [1.82, 2.24) is 0 Å². The van der Waals surface area contributed by atoms with Gasteiger partial charge in [0.25, 0.3) is 0 Å². The van der Waals surface area contributed by atoms with E-state index in [1.54, 1.807) is 13.8 Å². The van der Waals surface area contributed by atoms with Crippen LogP contribution in [0.4, 0.5) is 0 Å². The van der Waals surface area contributed by atoms with Gasteiger partial charge in [0.05, 0.1) is 40.6 Å². The van der Waals surface area contributed by atoms with Crippen LogP contribution in [0.3, 0.4) is 0 Å². The van der Waals surface area contributed by atoms with E-state index in [9.17, 15) is 40.2 Å². The number of benzene rings is 2. The molecule has 198 valence electrons. The Hall–Kier alpha value is -3.06. The lowest BCUT2D eigenvalue weighted by molar-refractivity contribution is -0.252. The van der Waals surface area contributed by atoms with Crippen molar-refractivity contribution in [2.24, 2.45) is 5.73 Å². The molecule has 37 heavy (non-hydrogen) atoms. The van der Waals surface area contributed by atoms with Gasteiger partial charge in [0.1, 0.15) is 23.4 Å². The minimum atomic E-state index is -1.82. The first-order valence-electron chi connectivity index (χ1n) is 12.1. The topological polar surface area (TPSA) is 200 Å². The van der Waals surface area contributed by atoms with Crippen LogP contribution >= 0.6 is 0 Å². The Bertz CT molecular complexity index is 1300. The average molecular weight is 516 g/mol. The van der Waals surface area contributed by atoms with Crippen LogP contribution in [0.25, 0.3) is 0 Å². The molecule has 0 radical (unpaired) electrons. The Labute approximate surface area is 211 Å². The molecule has 0 spiro atoms. The molecule has 0 saturated carbocycles. The van der Waals surface area contributed by atoms with Gasteiger partial charge in [-0.25, -0.2) is 0 Å². The Morgan fingerprint density at radius 2 is 1.70 bits per heavy atom. The fraction of sp³-hybridized carbons (Fsp3) is 0.462. The van der Waals surface area contributed by atoms with Crippen molar-refractivity contribution in [3.05, 3.63) is 51.6 Å². The van der Waals surface area contributed by atoms with Crippen LogP contribution < -0.4 is 5.73 Å². The fourth-order valence-corrected chi connectivity index (χ4v) is 5.65. The van der Waals surface area contributed by atoms with Crippen LogP contribution in [0.2, 0.25) is 0 Å². The summed E-state index contributed by atoms with van der Waals surface area (Å²) in [7, 11) is 0. The number of phenolic OH excluding ortho intramolecular Hbond substituents is 3. The molecule has 3 aliphatic rings. The number of hydrogen-bond acceptors (Lipinski definition) is 11. The Kier molecular flexibility index (Phi) is 6.06. The van der Waals surface area contributed by atoms with Crippen LogP contribution in [0, 0.1) is 0 Å². The van der Waals surface area contributed by atoms with Gasteiger partial charge in [-0.05, 0) is 19.4 Å². The van der Waals surface area contributed by atoms with Gasteiger partial charge in [-0.15, -0.1) is 0 Å². The van der Waals surface area contributed by atoms with Gasteiger partial charge in [0.15, 0.2) is 12.1 Å². The summed E-state index contributed by atoms with van der Waals surface area (Å²) >= 11 is 0. The summed E-state index contributed by atoms with van der Waals surface area (Å²) in [5.74, 6) is -3.69. The molecule has 1 heterocycles. The Morgan fingerprint density at radius 1 is 1.05 bits per heavy atom. The molecule has 0 bridgehead atoms. The van der Waals surface area contributed by atoms with Crippen molar-refractivity contribution in [2.45, 2.75) is 75.5 Å². The number of ketones is 2. The van der Waals surface area contributed by atoms with Gasteiger partial charge in [-0.3, -0.25) is 9.59 Å². The summed E-state index contributed by atoms with van der Waals surface area (Å²) in [6.45, 7) is 3.22. The second kappa shape index (κ2) is 8.76. The maximum atomic E-state index is 13.4. The molecule has 1 saturated heterocycles. The van der Waals surface area contributed by atoms with Gasteiger partial charge in [0.2, 0.25) is 5.78 Å². The number of hydrogen-bond donors (Lipinski definition) is 7. The molecule has 2 aliphatic carbocycles. The van der Waals surface area contributed by atoms with E-state index in [2.05, 4.69) is 0 Å². The van der Waals surface area contributed by atoms with Crippen molar-refractivity contribution in [3.63, 3.8) is 0 Å². The zero-order valence-electron chi connectivity index (χ0n) is 20.2. The number of carbonyl (C=O) groups is 2. The molecule has 5 rings (SSSR count). The number of carbonyl (C=O) groups excluding carboxylic acids is 2. The highest BCUT2D eigenvalue weighted by Gasteiger charge is 2.51. The molecule has 1 fully saturated rings. The molecular weight excluding hydrogens is 486 g/mol. The summed E-state index contributed by atoms with van der Waals surface area (Å²) in [5.41, 5.74) is 2.09. The first kappa shape index (κ1) is 25.6. The van der Waals surface area contributed by atoms with E-state index >= 15 is 0 Å². The maximum absolute atomic E-state index is 13.4. The van der Waals surface area contributed by atoms with Crippen LogP contribution in [0.5, 0.6) is 17.2 Å². The number of fused-ring (bicyclic) bond motifs is 3. The summed E-state index contributed by atoms with van der Waals surface area (Å²) < 4.78 is 11.8. The van der Waals surface area contributed by atoms with Crippen LogP contribution in [0.1, 0.15) is 88.3 Å². The van der Waals surface area contributed by atoms with Crippen molar-refractivity contribution < 1.29 is 49.7 Å². The van der Waals surface area contributed by atoms with Gasteiger partial charge in [-0.1, -0.05) is 19.1 Å². The lowest BCUT2D eigenvalue weighted by Crippen LogP contribution is -2.52. The fourth-order valence-electron chi connectivity index (χ4n) is 5.65. The average Bonchev–Trinajstić information content (AvgIpc) is 2.85. The molecule has 7 atom stereocenters. The highest BCUT2D eigenvalue weighted by molar-refractivity contribution is 6.31. The van der Waals surface area contributed by atoms with Crippen LogP contribution in [-0.2, 0) is 9.47 Å². The lowest BCUT2D eigenvalue weighted by Gasteiger charge is -2.44. The number of ether oxygens (including phenoxy) is 2. The second-order valence-electron chi connectivity index (χ2n) is 9.98. The Balaban J connectivity index is 1.69. The number of nitrogens with two attached hydrogens (primary N) is 1. The van der Waals surface area contributed by atoms with Gasteiger partial charge < -0.3 is 45.8 Å². The zero-order chi connectivity index (χ0) is 27.0. The molecule has 2 aromatic carbocycles. The van der Waals surface area contributed by atoms with E-state index in [1.165, 1.54) is 18.2 Å². The molecule has 11 heteroatoms. The van der Waals surface area contributed by atoms with Crippen molar-refractivity contribution >= 4 is 11.6 Å². The van der Waals surface area contributed by atoms with E-state index in [0.717, 1.165) is 0 Å². The van der Waals surface area contributed by atoms with Crippen molar-refractivity contribution in [2.75, 3.05) is 0 Å². The highest BCUT2D eigenvalue weighted by Crippen LogP contribution is 2.56. The van der Waals surface area contributed by atoms with E-state index in [4.69, 9.17) is 15.2 Å². The zero-order valence-corrected chi connectivity index (χ0v) is 20.2. The monoisotopic (exact) mass is 515 g/mol. The largest absolute Gasteiger partial charge is 0.507 e. The number of aliphatic hydroxyl groups is 3. The summed E-state index contributed by atoms with van der Waals surface area (Å²) in [6, 6.07) is 3.20. The quantitative estimate of drug-likeness (QED) is 0.246. The molecule has 2 aromatic rings. The predicted molar refractivity (Wildman–Crippen MR) is 126 cm³/mol. The third-order valence-electron chi connectivity index (χ3n) is 7.81. The predicted octanol–water partition coefficient (Wildman–Crippen LogP) is 1.04. The number of rotatable bonds is 3. The maximum Gasteiger partial charge on any atom is 0.202 e. The molecule has 8 N–H and O–H groups in total. The van der Waals surface area contributed by atoms with Gasteiger partial charge in [-0.2, -0.15) is 0 Å². The SMILES string of the molecule is CCC1(O)CC(OC2CC(N)C(O)C(C)O2)c2c(O)c3c(c(O)c2C1O)C(=O)c1cccc(O)c1C3=O. The minimum absolute atomic E-state index is 0.0223. The molecular formula is C26H29NO10. The first-order chi connectivity index (χ1) is 17.4. The molecule has 11 nitrogen and oxygen atoms in total. The molecule has 7 unspecified atom stereocenters. The molecule has 1 aliphatic heterocycles. The third-order valence-corrected chi connectivity index (χ3v) is 7.81.